The van der Waals surface area contributed by atoms with Crippen molar-refractivity contribution in [3.05, 3.63) is 138 Å². The number of thiazole rings is 1. The molecule has 0 atom stereocenters. The minimum absolute atomic E-state index is 0.0382. The highest BCUT2D eigenvalue weighted by atomic mass is 32.1. The van der Waals surface area contributed by atoms with Gasteiger partial charge in [0, 0.05) is 22.9 Å². The van der Waals surface area contributed by atoms with E-state index in [0.717, 1.165) is 37.6 Å². The van der Waals surface area contributed by atoms with E-state index >= 15 is 0 Å². The van der Waals surface area contributed by atoms with Crippen LogP contribution in [0.3, 0.4) is 0 Å². The average molecular weight is 687 g/mol. The Morgan fingerprint density at radius 2 is 1.29 bits per heavy atom. The van der Waals surface area contributed by atoms with Gasteiger partial charge in [-0.05, 0) is 97.3 Å². The van der Waals surface area contributed by atoms with Gasteiger partial charge in [-0.3, -0.25) is 4.99 Å². The summed E-state index contributed by atoms with van der Waals surface area (Å²) < 4.78 is 1.15. The Labute approximate surface area is 306 Å². The fourth-order valence-corrected chi connectivity index (χ4v) is 7.71. The lowest BCUT2D eigenvalue weighted by Gasteiger charge is -2.21. The number of hydrogen-bond acceptors (Lipinski definition) is 4. The normalized spacial score (nSPS) is 12.5. The van der Waals surface area contributed by atoms with E-state index < -0.39 is 0 Å². The Balaban J connectivity index is 1.37. The predicted octanol–water partition coefficient (Wildman–Crippen LogP) is 13.6. The van der Waals surface area contributed by atoms with Crippen LogP contribution in [0.2, 0.25) is 0 Å². The van der Waals surface area contributed by atoms with Gasteiger partial charge >= 0.3 is 0 Å². The summed E-state index contributed by atoms with van der Waals surface area (Å²) in [6.07, 6.45) is 1.77. The fraction of sp³-hybridized carbons (Fsp3) is 0.234. The highest BCUT2D eigenvalue weighted by Gasteiger charge is 2.22. The molecule has 51 heavy (non-hydrogen) atoms. The average Bonchev–Trinajstić information content (AvgIpc) is 3.54. The maximum Gasteiger partial charge on any atom is 0.126 e. The van der Waals surface area contributed by atoms with Gasteiger partial charge in [0.05, 0.1) is 15.9 Å². The van der Waals surface area contributed by atoms with Crippen molar-refractivity contribution in [1.29, 1.82) is 0 Å². The van der Waals surface area contributed by atoms with E-state index in [0.29, 0.717) is 11.5 Å². The lowest BCUT2D eigenvalue weighted by Crippen LogP contribution is -2.11. The Hall–Kier alpha value is -5.06. The summed E-state index contributed by atoms with van der Waals surface area (Å²) in [6.45, 7) is 17.8. The van der Waals surface area contributed by atoms with Crippen LogP contribution in [0.4, 0.5) is 5.69 Å². The summed E-state index contributed by atoms with van der Waals surface area (Å²) in [5.41, 5.74) is 11.9. The van der Waals surface area contributed by atoms with Gasteiger partial charge in [-0.25, -0.2) is 4.98 Å². The third-order valence-corrected chi connectivity index (χ3v) is 10.9. The zero-order valence-electron chi connectivity index (χ0n) is 30.9. The van der Waals surface area contributed by atoms with E-state index in [1.165, 1.54) is 38.6 Å². The minimum atomic E-state index is -0.0488. The Morgan fingerprint density at radius 1 is 0.647 bits per heavy atom. The van der Waals surface area contributed by atoms with Crippen LogP contribution in [0.1, 0.15) is 83.6 Å². The molecule has 6 aromatic carbocycles. The number of benzene rings is 6. The molecular formula is C47H46N2OS. The van der Waals surface area contributed by atoms with Crippen LogP contribution < -0.4 is 0 Å². The van der Waals surface area contributed by atoms with Gasteiger partial charge in [-0.1, -0.05) is 134 Å². The number of aromatic hydroxyl groups is 1. The summed E-state index contributed by atoms with van der Waals surface area (Å²) in [6, 6.07) is 40.9. The van der Waals surface area contributed by atoms with Gasteiger partial charge in [0.25, 0.3) is 0 Å². The van der Waals surface area contributed by atoms with E-state index in [1.807, 2.05) is 30.3 Å². The highest BCUT2D eigenvalue weighted by molar-refractivity contribution is 7.21. The molecule has 0 bridgehead atoms. The summed E-state index contributed by atoms with van der Waals surface area (Å²) >= 11 is 1.71. The molecule has 0 fully saturated rings. The van der Waals surface area contributed by atoms with Gasteiger partial charge in [0.2, 0.25) is 0 Å². The van der Waals surface area contributed by atoms with Crippen molar-refractivity contribution in [3.63, 3.8) is 0 Å². The molecule has 7 rings (SSSR count). The summed E-state index contributed by atoms with van der Waals surface area (Å²) in [4.78, 5) is 10.3. The standard InChI is InChI=1S/C47H46N2OS/c1-29(2)30-17-19-31(20-18-30)35-22-23-38(37-14-10-9-13-36(35)37)40-26-34(47(6,7)8)27-43-44(40)49-45(51-43)39-15-11-12-16-41(39)48-28-32-25-33(46(3,4)5)21-24-42(32)50/h9-29,50H,1-8H3. The van der Waals surface area contributed by atoms with E-state index in [9.17, 15) is 5.11 Å². The molecule has 0 aliphatic carbocycles. The number of phenols is 1. The third kappa shape index (κ3) is 6.86. The largest absolute Gasteiger partial charge is 0.507 e. The maximum absolute atomic E-state index is 10.7. The molecule has 0 spiro atoms. The van der Waals surface area contributed by atoms with Crippen molar-refractivity contribution in [3.8, 4) is 38.6 Å². The van der Waals surface area contributed by atoms with Crippen LogP contribution >= 0.6 is 11.3 Å². The molecule has 4 heteroatoms. The van der Waals surface area contributed by atoms with Crippen LogP contribution in [0.15, 0.2) is 120 Å². The minimum Gasteiger partial charge on any atom is -0.507 e. The number of fused-ring (bicyclic) bond motifs is 2. The first-order chi connectivity index (χ1) is 24.3. The topological polar surface area (TPSA) is 45.5 Å². The Kier molecular flexibility index (Phi) is 8.93. The number of phenolic OH excluding ortho intramolecular Hbond substituents is 1. The molecule has 0 aliphatic rings. The van der Waals surface area contributed by atoms with Crippen molar-refractivity contribution in [2.45, 2.75) is 72.1 Å². The summed E-state index contributed by atoms with van der Waals surface area (Å²) in [5.74, 6) is 0.714. The number of hydrogen-bond donors (Lipinski definition) is 1. The first-order valence-corrected chi connectivity index (χ1v) is 18.6. The molecule has 1 heterocycles. The first kappa shape index (κ1) is 34.4. The molecule has 0 amide bonds. The number of nitrogens with zero attached hydrogens (tertiary/aromatic N) is 2. The van der Waals surface area contributed by atoms with Crippen molar-refractivity contribution in [1.82, 2.24) is 4.98 Å². The molecule has 0 saturated heterocycles. The zero-order chi connectivity index (χ0) is 36.1. The van der Waals surface area contributed by atoms with Gasteiger partial charge in [0.1, 0.15) is 10.8 Å². The predicted molar refractivity (Wildman–Crippen MR) is 220 cm³/mol. The summed E-state index contributed by atoms with van der Waals surface area (Å²) in [5, 5.41) is 14.0. The second kappa shape index (κ2) is 13.2. The quantitative estimate of drug-likeness (QED) is 0.177. The molecule has 1 N–H and O–H groups in total. The lowest BCUT2D eigenvalue weighted by atomic mass is 9.84. The van der Waals surface area contributed by atoms with E-state index in [1.54, 1.807) is 23.6 Å². The number of rotatable bonds is 6. The molecule has 0 saturated carbocycles. The second-order valence-electron chi connectivity index (χ2n) is 15.9. The molecule has 0 unspecified atom stereocenters. The van der Waals surface area contributed by atoms with Crippen molar-refractivity contribution in [2.24, 2.45) is 4.99 Å². The molecular weight excluding hydrogens is 641 g/mol. The van der Waals surface area contributed by atoms with Crippen LogP contribution in [0.5, 0.6) is 5.75 Å². The monoisotopic (exact) mass is 686 g/mol. The number of para-hydroxylation sites is 1. The maximum atomic E-state index is 10.7. The van der Waals surface area contributed by atoms with Crippen LogP contribution in [-0.4, -0.2) is 16.3 Å². The Bertz CT molecular complexity index is 2420. The Morgan fingerprint density at radius 3 is 1.98 bits per heavy atom. The zero-order valence-corrected chi connectivity index (χ0v) is 31.7. The van der Waals surface area contributed by atoms with Gasteiger partial charge in [-0.15, -0.1) is 11.3 Å². The molecule has 7 aromatic rings. The van der Waals surface area contributed by atoms with Crippen LogP contribution in [-0.2, 0) is 10.8 Å². The SMILES string of the molecule is CC(C)c1ccc(-c2ccc(-c3cc(C(C)(C)C)cc4sc(-c5ccccc5N=Cc5cc(C(C)(C)C)ccc5O)nc34)c3ccccc23)cc1. The first-order valence-electron chi connectivity index (χ1n) is 17.8. The number of aromatic nitrogens is 1. The lowest BCUT2D eigenvalue weighted by molar-refractivity contribution is 0.473. The molecule has 0 aliphatic heterocycles. The fourth-order valence-electron chi connectivity index (χ4n) is 6.65. The van der Waals surface area contributed by atoms with Crippen molar-refractivity contribution < 1.29 is 5.11 Å². The van der Waals surface area contributed by atoms with Gasteiger partial charge < -0.3 is 5.11 Å². The van der Waals surface area contributed by atoms with Crippen LogP contribution in [0.25, 0.3) is 53.8 Å². The van der Waals surface area contributed by atoms with Crippen molar-refractivity contribution in [2.75, 3.05) is 0 Å². The van der Waals surface area contributed by atoms with E-state index in [-0.39, 0.29) is 16.6 Å². The third-order valence-electron chi connectivity index (χ3n) is 9.83. The highest BCUT2D eigenvalue weighted by Crippen LogP contribution is 2.44. The van der Waals surface area contributed by atoms with Gasteiger partial charge in [0.15, 0.2) is 0 Å². The summed E-state index contributed by atoms with van der Waals surface area (Å²) in [7, 11) is 0. The van der Waals surface area contributed by atoms with Crippen LogP contribution in [0, 0.1) is 0 Å². The smallest absolute Gasteiger partial charge is 0.126 e. The second-order valence-corrected chi connectivity index (χ2v) is 17.0. The molecule has 256 valence electrons. The molecule has 1 aromatic heterocycles. The van der Waals surface area contributed by atoms with E-state index in [4.69, 9.17) is 9.98 Å². The van der Waals surface area contributed by atoms with Crippen molar-refractivity contribution >= 4 is 44.2 Å². The van der Waals surface area contributed by atoms with Gasteiger partial charge in [-0.2, -0.15) is 0 Å². The van der Waals surface area contributed by atoms with E-state index in [2.05, 4.69) is 134 Å². The molecule has 3 nitrogen and oxygen atoms in total. The molecule has 0 radical (unpaired) electrons. The number of aliphatic imine (C=N–C) groups is 1.